The van der Waals surface area contributed by atoms with Gasteiger partial charge in [-0.15, -0.1) is 0 Å². The lowest BCUT2D eigenvalue weighted by Gasteiger charge is -2.23. The molecule has 1 saturated carbocycles. The van der Waals surface area contributed by atoms with E-state index in [-0.39, 0.29) is 16.7 Å². The highest BCUT2D eigenvalue weighted by Gasteiger charge is 2.50. The van der Waals surface area contributed by atoms with Crippen LogP contribution >= 0.6 is 22.6 Å². The molecule has 3 unspecified atom stereocenters. The minimum atomic E-state index is -3.46. The summed E-state index contributed by atoms with van der Waals surface area (Å²) in [4.78, 5) is 4.30. The van der Waals surface area contributed by atoms with Gasteiger partial charge in [-0.1, -0.05) is 0 Å². The van der Waals surface area contributed by atoms with Crippen molar-refractivity contribution < 1.29 is 22.9 Å². The van der Waals surface area contributed by atoms with Crippen molar-refractivity contribution in [1.29, 1.82) is 0 Å². The summed E-state index contributed by atoms with van der Waals surface area (Å²) in [6.45, 7) is 1.89. The zero-order valence-corrected chi connectivity index (χ0v) is 17.8. The van der Waals surface area contributed by atoms with Crippen LogP contribution in [0.5, 0.6) is 5.75 Å². The molecule has 1 aromatic carbocycles. The Morgan fingerprint density at radius 3 is 2.70 bits per heavy atom. The topological polar surface area (TPSA) is 84.9 Å². The molecule has 3 fully saturated rings. The molecule has 1 aliphatic carbocycles. The van der Waals surface area contributed by atoms with Crippen molar-refractivity contribution in [3.05, 3.63) is 39.3 Å². The van der Waals surface area contributed by atoms with E-state index in [0.717, 1.165) is 33.6 Å². The van der Waals surface area contributed by atoms with Crippen LogP contribution in [-0.2, 0) is 9.84 Å². The minimum absolute atomic E-state index is 0.0571. The summed E-state index contributed by atoms with van der Waals surface area (Å²) in [6, 6.07) is 5.00. The maximum absolute atomic E-state index is 14.4. The second-order valence-corrected chi connectivity index (χ2v) is 10.4. The van der Waals surface area contributed by atoms with Gasteiger partial charge in [0.15, 0.2) is 15.9 Å². The van der Waals surface area contributed by atoms with E-state index in [1.165, 1.54) is 18.6 Å². The van der Waals surface area contributed by atoms with E-state index in [0.29, 0.717) is 17.9 Å². The van der Waals surface area contributed by atoms with Gasteiger partial charge in [0.2, 0.25) is 0 Å². The number of sulfone groups is 1. The zero-order chi connectivity index (χ0) is 19.3. The highest BCUT2D eigenvalue weighted by Crippen LogP contribution is 2.35. The molecule has 2 aliphatic heterocycles. The number of nitrogens with two attached hydrogens (primary N) is 1. The number of ether oxygens (including phenoxy) is 1. The first-order valence-electron chi connectivity index (χ1n) is 8.66. The third-order valence-electron chi connectivity index (χ3n) is 5.22. The SMILES string of the molecule is Cc1c(Nc2ccc(S(C)(=O)=O)cc2F)ncc(I)c1OC1CC2CC1[NH2+]2. The van der Waals surface area contributed by atoms with E-state index < -0.39 is 15.7 Å². The fourth-order valence-electron chi connectivity index (χ4n) is 3.66. The van der Waals surface area contributed by atoms with Crippen LogP contribution in [0.1, 0.15) is 18.4 Å². The quantitative estimate of drug-likeness (QED) is 0.610. The largest absolute Gasteiger partial charge is 0.482 e. The molecule has 2 bridgehead atoms. The maximum Gasteiger partial charge on any atom is 0.175 e. The minimum Gasteiger partial charge on any atom is -0.482 e. The van der Waals surface area contributed by atoms with E-state index in [1.807, 2.05) is 6.92 Å². The smallest absolute Gasteiger partial charge is 0.175 e. The van der Waals surface area contributed by atoms with E-state index in [2.05, 4.69) is 38.2 Å². The molecular formula is C18H20FIN3O3S+. The van der Waals surface area contributed by atoms with Crippen LogP contribution in [-0.4, -0.2) is 37.8 Å². The normalized spacial score (nSPS) is 23.8. The van der Waals surface area contributed by atoms with Crippen LogP contribution < -0.4 is 15.4 Å². The Labute approximate surface area is 171 Å². The van der Waals surface area contributed by atoms with Crippen LogP contribution in [0.2, 0.25) is 0 Å². The van der Waals surface area contributed by atoms with Gasteiger partial charge in [0.1, 0.15) is 23.4 Å². The Bertz CT molecular complexity index is 1010. The van der Waals surface area contributed by atoms with Gasteiger partial charge in [0.05, 0.1) is 26.6 Å². The van der Waals surface area contributed by atoms with Crippen molar-refractivity contribution in [2.75, 3.05) is 11.6 Å². The standard InChI is InChI=1S/C18H19FIN3O3S/c1-9-17(26-16-6-10-5-15(16)22-10)13(20)8-21-18(9)23-14-4-3-11(7-12(14)19)27(2,24)25/h3-4,7-8,10,15-16,22H,5-6H2,1-2H3,(H,21,23)/p+1. The van der Waals surface area contributed by atoms with Crippen molar-refractivity contribution in [1.82, 2.24) is 4.98 Å². The molecule has 0 spiro atoms. The van der Waals surface area contributed by atoms with Crippen LogP contribution in [0.4, 0.5) is 15.9 Å². The van der Waals surface area contributed by atoms with Gasteiger partial charge >= 0.3 is 0 Å². The van der Waals surface area contributed by atoms with Crippen LogP contribution in [0, 0.1) is 16.3 Å². The van der Waals surface area contributed by atoms with Gasteiger partial charge in [-0.25, -0.2) is 17.8 Å². The average Bonchev–Trinajstić information content (AvgIpc) is 3.14. The van der Waals surface area contributed by atoms with Crippen LogP contribution in [0.3, 0.4) is 0 Å². The summed E-state index contributed by atoms with van der Waals surface area (Å²) >= 11 is 2.19. The number of rotatable bonds is 5. The van der Waals surface area contributed by atoms with Crippen molar-refractivity contribution in [2.24, 2.45) is 0 Å². The molecule has 3 atom stereocenters. The molecular weight excluding hydrogens is 484 g/mol. The van der Waals surface area contributed by atoms with Gasteiger partial charge in [-0.2, -0.15) is 0 Å². The second-order valence-electron chi connectivity index (χ2n) is 7.19. The fourth-order valence-corrected chi connectivity index (χ4v) is 4.96. The molecule has 2 aromatic rings. The summed E-state index contributed by atoms with van der Waals surface area (Å²) in [5.41, 5.74) is 0.971. The molecule has 0 radical (unpaired) electrons. The lowest BCUT2D eigenvalue weighted by molar-refractivity contribution is -0.759. The molecule has 3 heterocycles. The monoisotopic (exact) mass is 504 g/mol. The molecule has 6 nitrogen and oxygen atoms in total. The maximum atomic E-state index is 14.4. The molecule has 144 valence electrons. The van der Waals surface area contributed by atoms with E-state index >= 15 is 0 Å². The number of nitrogens with zero attached hydrogens (tertiary/aromatic N) is 1. The second kappa shape index (κ2) is 6.85. The molecule has 1 aromatic heterocycles. The Kier molecular flexibility index (Phi) is 4.79. The summed E-state index contributed by atoms with van der Waals surface area (Å²) < 4.78 is 44.7. The number of pyridine rings is 1. The highest BCUT2D eigenvalue weighted by molar-refractivity contribution is 14.1. The van der Waals surface area contributed by atoms with Crippen molar-refractivity contribution >= 4 is 43.9 Å². The van der Waals surface area contributed by atoms with Gasteiger partial charge in [-0.05, 0) is 47.7 Å². The third kappa shape index (κ3) is 3.64. The molecule has 5 rings (SSSR count). The Hall–Kier alpha value is -1.46. The Morgan fingerprint density at radius 2 is 2.11 bits per heavy atom. The molecule has 0 amide bonds. The summed E-state index contributed by atoms with van der Waals surface area (Å²) in [5, 5.41) is 5.31. The number of hydrogen-bond donors (Lipinski definition) is 2. The third-order valence-corrected chi connectivity index (χ3v) is 7.10. The number of anilines is 2. The summed E-state index contributed by atoms with van der Waals surface area (Å²) in [5.74, 6) is 0.615. The van der Waals surface area contributed by atoms with E-state index in [1.54, 1.807) is 6.20 Å². The number of hydrogen-bond acceptors (Lipinski definition) is 5. The predicted octanol–water partition coefficient (Wildman–Crippen LogP) is 2.14. The lowest BCUT2D eigenvalue weighted by atomic mass is 10.1. The first kappa shape index (κ1) is 18.9. The number of benzene rings is 1. The Balaban J connectivity index is 1.60. The average molecular weight is 504 g/mol. The van der Waals surface area contributed by atoms with E-state index in [4.69, 9.17) is 4.74 Å². The van der Waals surface area contributed by atoms with Crippen molar-refractivity contribution in [3.63, 3.8) is 0 Å². The van der Waals surface area contributed by atoms with Crippen LogP contribution in [0.25, 0.3) is 0 Å². The van der Waals surface area contributed by atoms with Gasteiger partial charge in [0.25, 0.3) is 0 Å². The van der Waals surface area contributed by atoms with Crippen LogP contribution in [0.15, 0.2) is 29.3 Å². The summed E-state index contributed by atoms with van der Waals surface area (Å²) in [7, 11) is -3.46. The Morgan fingerprint density at radius 1 is 1.37 bits per heavy atom. The van der Waals surface area contributed by atoms with Gasteiger partial charge in [0, 0.05) is 24.4 Å². The first-order chi connectivity index (χ1) is 12.7. The number of halogens is 2. The first-order valence-corrected chi connectivity index (χ1v) is 11.6. The van der Waals surface area contributed by atoms with Gasteiger partial charge < -0.3 is 15.4 Å². The molecule has 2 saturated heterocycles. The number of fused-ring (bicyclic) bond motifs is 1. The molecule has 27 heavy (non-hydrogen) atoms. The van der Waals surface area contributed by atoms with E-state index in [9.17, 15) is 12.8 Å². The van der Waals surface area contributed by atoms with Crippen molar-refractivity contribution in [2.45, 2.75) is 42.8 Å². The number of aromatic nitrogens is 1. The van der Waals surface area contributed by atoms with Crippen molar-refractivity contribution in [3.8, 4) is 5.75 Å². The summed E-state index contributed by atoms with van der Waals surface area (Å²) in [6.07, 6.45) is 5.19. The molecule has 3 aliphatic rings. The highest BCUT2D eigenvalue weighted by atomic mass is 127. The van der Waals surface area contributed by atoms with Gasteiger partial charge in [-0.3, -0.25) is 0 Å². The number of quaternary nitrogens is 1. The molecule has 3 N–H and O–H groups in total. The zero-order valence-electron chi connectivity index (χ0n) is 14.9. The number of nitrogens with one attached hydrogen (secondary N) is 1. The fraction of sp³-hybridized carbons (Fsp3) is 0.389. The predicted molar refractivity (Wildman–Crippen MR) is 108 cm³/mol. The molecule has 9 heteroatoms. The lowest BCUT2D eigenvalue weighted by Crippen LogP contribution is -3.01.